The van der Waals surface area contributed by atoms with E-state index < -0.39 is 77.9 Å². The molecule has 0 aromatic rings. The van der Waals surface area contributed by atoms with Crippen LogP contribution in [-0.4, -0.2) is 139 Å². The van der Waals surface area contributed by atoms with E-state index in [0.29, 0.717) is 0 Å². The lowest BCUT2D eigenvalue weighted by atomic mass is 10.1. The fourth-order valence-electron chi connectivity index (χ4n) is 1.96. The third-order valence-electron chi connectivity index (χ3n) is 5.46. The van der Waals surface area contributed by atoms with Crippen molar-refractivity contribution in [1.29, 1.82) is 0 Å². The fourth-order valence-corrected chi connectivity index (χ4v) is 2.12. The third-order valence-corrected chi connectivity index (χ3v) is 5.86. The van der Waals surface area contributed by atoms with Crippen LogP contribution in [0.3, 0.4) is 0 Å². The van der Waals surface area contributed by atoms with Gasteiger partial charge in [-0.05, 0) is 44.6 Å². The van der Waals surface area contributed by atoms with Crippen molar-refractivity contribution in [3.8, 4) is 0 Å². The van der Waals surface area contributed by atoms with E-state index in [1.807, 2.05) is 0 Å². The number of primary amides is 1. The molecule has 0 unspecified atom stereocenters. The van der Waals surface area contributed by atoms with Gasteiger partial charge in [-0.1, -0.05) is 27.7 Å². The van der Waals surface area contributed by atoms with Gasteiger partial charge in [0.05, 0.1) is 6.54 Å². The summed E-state index contributed by atoms with van der Waals surface area (Å²) in [6.45, 7) is 9.11. The summed E-state index contributed by atoms with van der Waals surface area (Å²) in [6, 6.07) is -4.22. The molecule has 1 saturated heterocycles. The van der Waals surface area contributed by atoms with E-state index >= 15 is 0 Å². The van der Waals surface area contributed by atoms with Crippen LogP contribution in [0.4, 0.5) is 0 Å². The zero-order chi connectivity index (χ0) is 42.9. The molecule has 0 spiro atoms. The van der Waals surface area contributed by atoms with Gasteiger partial charge in [-0.15, -0.1) is 0 Å². The van der Waals surface area contributed by atoms with Crippen molar-refractivity contribution in [3.05, 3.63) is 0 Å². The first kappa shape index (κ1) is 59.9. The van der Waals surface area contributed by atoms with Crippen LogP contribution in [0.2, 0.25) is 0 Å². The van der Waals surface area contributed by atoms with Crippen LogP contribution in [0.5, 0.6) is 0 Å². The van der Waals surface area contributed by atoms with Crippen molar-refractivity contribution in [2.45, 2.75) is 96.6 Å². The zero-order valence-electron chi connectivity index (χ0n) is 30.0. The number of carboxylic acid groups (broad SMARTS) is 7. The molecule has 1 aliphatic rings. The molecule has 1 heterocycles. The molecule has 308 valence electrons. The topological polar surface area (TPSA) is 472 Å². The molecule has 23 nitrogen and oxygen atoms in total. The van der Waals surface area contributed by atoms with E-state index in [-0.39, 0.29) is 43.0 Å². The summed E-state index contributed by atoms with van der Waals surface area (Å²) in [5.74, 6) is -6.93. The van der Waals surface area contributed by atoms with Crippen LogP contribution in [0.1, 0.15) is 60.3 Å². The molecule has 22 N–H and O–H groups in total. The normalized spacial score (nSPS) is 15.2. The lowest BCUT2D eigenvalue weighted by Gasteiger charge is -2.07. The average Bonchev–Trinajstić information content (AvgIpc) is 3.59. The highest BCUT2D eigenvalue weighted by atomic mass is 32.1. The monoisotopic (exact) mass is 780 g/mol. The van der Waals surface area contributed by atoms with Gasteiger partial charge in [0.25, 0.3) is 0 Å². The van der Waals surface area contributed by atoms with Gasteiger partial charge in [0.2, 0.25) is 5.91 Å². The van der Waals surface area contributed by atoms with Crippen LogP contribution >= 0.6 is 12.6 Å². The highest BCUT2D eigenvalue weighted by molar-refractivity contribution is 7.80. The number of rotatable bonds is 13. The van der Waals surface area contributed by atoms with Crippen molar-refractivity contribution in [1.82, 2.24) is 5.32 Å². The Morgan fingerprint density at radius 2 is 1.02 bits per heavy atom. The van der Waals surface area contributed by atoms with E-state index in [0.717, 1.165) is 19.4 Å². The fraction of sp³-hybridized carbons (Fsp3) is 0.714. The van der Waals surface area contributed by atoms with E-state index in [4.69, 9.17) is 70.1 Å². The predicted molar refractivity (Wildman–Crippen MR) is 191 cm³/mol. The Bertz CT molecular complexity index is 1010. The van der Waals surface area contributed by atoms with Crippen molar-refractivity contribution < 1.29 is 74.1 Å². The third kappa shape index (κ3) is 47.9. The molecule has 1 fully saturated rings. The van der Waals surface area contributed by atoms with Gasteiger partial charge in [0.15, 0.2) is 0 Å². The molecule has 52 heavy (non-hydrogen) atoms. The highest BCUT2D eigenvalue weighted by Gasteiger charge is 2.20. The number of carboxylic acids is 7. The molecule has 1 rings (SSSR count). The molecule has 0 aromatic heterocycles. The van der Waals surface area contributed by atoms with Gasteiger partial charge in [0, 0.05) is 12.2 Å². The second kappa shape index (κ2) is 36.6. The number of thiol groups is 1. The quantitative estimate of drug-likeness (QED) is 0.0802. The Hall–Kier alpha value is -4.17. The van der Waals surface area contributed by atoms with Gasteiger partial charge in [-0.2, -0.15) is 12.6 Å². The molecule has 0 aliphatic carbocycles. The number of hydrogen-bond donors (Lipinski definition) is 16. The molecule has 0 saturated carbocycles. The molecular weight excluding hydrogens is 720 g/mol. The van der Waals surface area contributed by atoms with Crippen LogP contribution in [0.25, 0.3) is 0 Å². The van der Waals surface area contributed by atoms with Crippen molar-refractivity contribution in [2.75, 3.05) is 18.8 Å². The second-order valence-corrected chi connectivity index (χ2v) is 11.4. The lowest BCUT2D eigenvalue weighted by Crippen LogP contribution is -2.34. The summed E-state index contributed by atoms with van der Waals surface area (Å²) in [7, 11) is 0. The summed E-state index contributed by atoms with van der Waals surface area (Å²) in [5, 5.41) is 59.4. The van der Waals surface area contributed by atoms with E-state index in [2.05, 4.69) is 23.7 Å². The van der Waals surface area contributed by atoms with Crippen molar-refractivity contribution >= 4 is 60.3 Å². The van der Waals surface area contributed by atoms with Crippen LogP contribution < -0.4 is 45.5 Å². The first-order chi connectivity index (χ1) is 23.5. The highest BCUT2D eigenvalue weighted by Crippen LogP contribution is 2.03. The largest absolute Gasteiger partial charge is 0.480 e. The maximum atomic E-state index is 10.1. The van der Waals surface area contributed by atoms with Gasteiger partial charge in [-0.3, -0.25) is 38.4 Å². The molecule has 0 aromatic carbocycles. The number of hydrogen-bond acceptors (Lipinski definition) is 16. The molecule has 1 amide bonds. The Morgan fingerprint density at radius 3 is 1.12 bits per heavy atom. The van der Waals surface area contributed by atoms with Gasteiger partial charge in [0.1, 0.15) is 36.3 Å². The Morgan fingerprint density at radius 1 is 0.673 bits per heavy atom. The number of aliphatic carboxylic acids is 7. The van der Waals surface area contributed by atoms with Crippen molar-refractivity contribution in [2.24, 2.45) is 52.0 Å². The summed E-state index contributed by atoms with van der Waals surface area (Å²) >= 11 is 3.65. The first-order valence-electron chi connectivity index (χ1n) is 15.2. The van der Waals surface area contributed by atoms with Crippen LogP contribution in [0, 0.1) is 11.8 Å². The predicted octanol–water partition coefficient (Wildman–Crippen LogP) is -3.63. The molecule has 6 atom stereocenters. The van der Waals surface area contributed by atoms with E-state index in [1.54, 1.807) is 27.7 Å². The van der Waals surface area contributed by atoms with Gasteiger partial charge >= 0.3 is 41.8 Å². The number of carbonyl (C=O) groups is 8. The molecule has 0 bridgehead atoms. The Labute approximate surface area is 307 Å². The summed E-state index contributed by atoms with van der Waals surface area (Å²) in [6.07, 6.45) is 1.91. The molecule has 1 aliphatic heterocycles. The van der Waals surface area contributed by atoms with Crippen molar-refractivity contribution in [3.63, 3.8) is 0 Å². The molecule has 24 heteroatoms. The van der Waals surface area contributed by atoms with Crippen LogP contribution in [0.15, 0.2) is 0 Å². The minimum absolute atomic E-state index is 0.0208. The smallest absolute Gasteiger partial charge is 0.321 e. The standard InChI is InChI=1S/C5H10N2O3.C5H9NO2.2C5H11NO2.C3H7NO2S.C3H7NO2.C2H5NO2/c6-3(5(9)10)1-2-4(7)8;7-5(8)4-2-1-3-6-4;2*1-3(2)4(6)5(7)8;4-2(1-7)3(5)6;1-2(4)3(5)6;3-1-2(4)5/h3H,1-2,6H2,(H2,7,8)(H,9,10);4,6H,1-3H2,(H,7,8);2*3-4H,6H2,1-2H3,(H,7,8);2,7H,1,4H2,(H,5,6);2H,4H2,1H3,(H,5,6);1,3H2,(H,4,5)/t3-;3*4-;2*2-;/m000000./s1. The number of nitrogens with two attached hydrogens (primary N) is 7. The zero-order valence-corrected chi connectivity index (χ0v) is 30.8. The molecular formula is C28H60N8O15S. The van der Waals surface area contributed by atoms with E-state index in [1.165, 1.54) is 6.92 Å². The van der Waals surface area contributed by atoms with E-state index in [9.17, 15) is 38.4 Å². The number of nitrogens with one attached hydrogen (secondary N) is 1. The minimum atomic E-state index is -1.11. The van der Waals surface area contributed by atoms with Gasteiger partial charge < -0.3 is 81.2 Å². The maximum absolute atomic E-state index is 10.1. The van der Waals surface area contributed by atoms with Crippen LogP contribution in [-0.2, 0) is 38.4 Å². The first-order valence-corrected chi connectivity index (χ1v) is 15.9. The van der Waals surface area contributed by atoms with Gasteiger partial charge in [-0.25, -0.2) is 0 Å². The Kier molecular flexibility index (Phi) is 42.2. The minimum Gasteiger partial charge on any atom is -0.480 e. The number of carbonyl (C=O) groups excluding carboxylic acids is 1. The summed E-state index contributed by atoms with van der Waals surface area (Å²) in [5.41, 5.74) is 34.5. The average molecular weight is 781 g/mol. The number of amides is 1. The summed E-state index contributed by atoms with van der Waals surface area (Å²) in [4.78, 5) is 78.9. The SMILES string of the molecule is CC(C)[C@H](N)C(=O)O.CC(C)[C@H](N)C(=O)O.C[C@H](N)C(=O)O.NC(=O)CC[C@H](N)C(=O)O.NCC(=O)O.N[C@@H](CS)C(=O)O.O=C(O)[C@@H]1CCCN1. The summed E-state index contributed by atoms with van der Waals surface area (Å²) < 4.78 is 0. The second-order valence-electron chi connectivity index (χ2n) is 11.0. The maximum Gasteiger partial charge on any atom is 0.321 e. The molecule has 0 radical (unpaired) electrons. The Balaban J connectivity index is -0.000000120. The lowest BCUT2D eigenvalue weighted by molar-refractivity contribution is -0.140.